The van der Waals surface area contributed by atoms with E-state index in [0.717, 1.165) is 55.4 Å². The molecule has 0 atom stereocenters. The van der Waals surface area contributed by atoms with Crippen molar-refractivity contribution in [1.82, 2.24) is 9.97 Å². The summed E-state index contributed by atoms with van der Waals surface area (Å²) in [6, 6.07) is 54.7. The number of carbonyl (C=O) groups is 2. The number of nitrogens with one attached hydrogen (secondary N) is 2. The zero-order chi connectivity index (χ0) is 31.3. The van der Waals surface area contributed by atoms with Crippen LogP contribution in [-0.2, 0) is 0 Å². The van der Waals surface area contributed by atoms with Gasteiger partial charge in [-0.1, -0.05) is 158 Å². The van der Waals surface area contributed by atoms with E-state index in [1.807, 2.05) is 170 Å². The summed E-state index contributed by atoms with van der Waals surface area (Å²) in [6.07, 6.45) is 0. The molecule has 0 bridgehead atoms. The highest BCUT2D eigenvalue weighted by atomic mass is 16.1. The van der Waals surface area contributed by atoms with Crippen LogP contribution in [0.2, 0.25) is 0 Å². The molecule has 0 unspecified atom stereocenters. The number of ketones is 2. The van der Waals surface area contributed by atoms with Crippen molar-refractivity contribution in [3.05, 3.63) is 192 Å². The van der Waals surface area contributed by atoms with Crippen LogP contribution in [0.3, 0.4) is 0 Å². The lowest BCUT2D eigenvalue weighted by molar-refractivity contribution is 0.103. The Morgan fingerprint density at radius 2 is 0.652 bits per heavy atom. The molecule has 0 aliphatic carbocycles. The predicted molar refractivity (Wildman–Crippen MR) is 187 cm³/mol. The summed E-state index contributed by atoms with van der Waals surface area (Å²) in [5.41, 5.74) is 8.61. The lowest BCUT2D eigenvalue weighted by Crippen LogP contribution is -2.02. The van der Waals surface area contributed by atoms with E-state index in [0.29, 0.717) is 11.1 Å². The van der Waals surface area contributed by atoms with Crippen molar-refractivity contribution >= 4 is 33.4 Å². The second kappa shape index (κ2) is 12.8. The monoisotopic (exact) mass is 594 g/mol. The summed E-state index contributed by atoms with van der Waals surface area (Å²) in [4.78, 5) is 33.0. The third-order valence-corrected chi connectivity index (χ3v) is 8.06. The Hall–Kier alpha value is -6.26. The topological polar surface area (TPSA) is 65.7 Å². The van der Waals surface area contributed by atoms with Gasteiger partial charge in [-0.3, -0.25) is 9.59 Å². The molecule has 0 saturated heterocycles. The van der Waals surface area contributed by atoms with E-state index in [4.69, 9.17) is 0 Å². The average molecular weight is 595 g/mol. The lowest BCUT2D eigenvalue weighted by Gasteiger charge is -2.05. The average Bonchev–Trinajstić information content (AvgIpc) is 3.72. The van der Waals surface area contributed by atoms with E-state index >= 15 is 0 Å². The van der Waals surface area contributed by atoms with Crippen LogP contribution >= 0.6 is 0 Å². The first-order valence-corrected chi connectivity index (χ1v) is 15.2. The van der Waals surface area contributed by atoms with Crippen molar-refractivity contribution in [3.8, 4) is 22.5 Å². The lowest BCUT2D eigenvalue weighted by atomic mass is 9.97. The van der Waals surface area contributed by atoms with Gasteiger partial charge < -0.3 is 9.97 Å². The van der Waals surface area contributed by atoms with Gasteiger partial charge in [0.2, 0.25) is 0 Å². The molecule has 0 amide bonds. The van der Waals surface area contributed by atoms with Crippen molar-refractivity contribution in [2.24, 2.45) is 0 Å². The summed E-state index contributed by atoms with van der Waals surface area (Å²) in [6.45, 7) is 0. The predicted octanol–water partition coefficient (Wildman–Crippen LogP) is 10.1. The Bertz CT molecular complexity index is 2100. The molecule has 4 nitrogen and oxygen atoms in total. The van der Waals surface area contributed by atoms with Crippen LogP contribution in [0.1, 0.15) is 31.8 Å². The molecule has 4 heteroatoms. The number of para-hydroxylation sites is 2. The van der Waals surface area contributed by atoms with Gasteiger partial charge in [0, 0.05) is 32.9 Å². The minimum Gasteiger partial charge on any atom is -0.354 e. The maximum Gasteiger partial charge on any atom is 0.195 e. The molecule has 8 aromatic rings. The fraction of sp³-hybridized carbons (Fsp3) is 0. The van der Waals surface area contributed by atoms with Gasteiger partial charge in [0.25, 0.3) is 0 Å². The van der Waals surface area contributed by atoms with E-state index in [1.54, 1.807) is 0 Å². The van der Waals surface area contributed by atoms with Crippen molar-refractivity contribution in [2.75, 3.05) is 0 Å². The number of fused-ring (bicyclic) bond motifs is 2. The molecule has 0 saturated carbocycles. The molecule has 0 radical (unpaired) electrons. The van der Waals surface area contributed by atoms with E-state index in [1.165, 1.54) is 0 Å². The largest absolute Gasteiger partial charge is 0.354 e. The number of aromatic amines is 2. The van der Waals surface area contributed by atoms with Crippen LogP contribution < -0.4 is 0 Å². The Kier molecular flexibility index (Phi) is 7.91. The molecule has 2 N–H and O–H groups in total. The first-order valence-electron chi connectivity index (χ1n) is 15.2. The van der Waals surface area contributed by atoms with Crippen molar-refractivity contribution in [3.63, 3.8) is 0 Å². The fourth-order valence-electron chi connectivity index (χ4n) is 5.87. The summed E-state index contributed by atoms with van der Waals surface area (Å²) in [5.74, 6) is 0.0869. The Balaban J connectivity index is 0.000000147. The number of carbonyl (C=O) groups excluding carboxylic acids is 2. The van der Waals surface area contributed by atoms with Crippen molar-refractivity contribution < 1.29 is 9.59 Å². The molecule has 220 valence electrons. The molecule has 0 fully saturated rings. The highest BCUT2D eigenvalue weighted by Crippen LogP contribution is 2.33. The summed E-state index contributed by atoms with van der Waals surface area (Å²) in [7, 11) is 0. The standard InChI is InChI=1S/2C21H15NO/c2*23-21(16-11-5-2-6-12-16)19-17-13-7-8-14-18(17)22-20(19)15-9-3-1-4-10-15/h2*1-14,22H. The normalized spacial score (nSPS) is 10.8. The smallest absolute Gasteiger partial charge is 0.195 e. The fourth-order valence-corrected chi connectivity index (χ4v) is 5.87. The SMILES string of the molecule is O=C(c1ccccc1)c1c(-c2ccccc2)[nH]c2ccccc12.O=C(c1ccccc1)c1c(-c2ccccc2)[nH]c2ccccc12. The Morgan fingerprint density at radius 1 is 0.348 bits per heavy atom. The highest BCUT2D eigenvalue weighted by Gasteiger charge is 2.21. The first kappa shape index (κ1) is 28.5. The maximum absolute atomic E-state index is 13.1. The molecule has 0 aliphatic rings. The molecular formula is C42H30N2O2. The molecule has 2 aromatic heterocycles. The zero-order valence-electron chi connectivity index (χ0n) is 25.0. The second-order valence-corrected chi connectivity index (χ2v) is 11.0. The second-order valence-electron chi connectivity index (χ2n) is 11.0. The van der Waals surface area contributed by atoms with Crippen LogP contribution in [0, 0.1) is 0 Å². The minimum atomic E-state index is 0.0434. The zero-order valence-corrected chi connectivity index (χ0v) is 25.0. The number of hydrogen-bond donors (Lipinski definition) is 2. The van der Waals surface area contributed by atoms with E-state index in [2.05, 4.69) is 9.97 Å². The van der Waals surface area contributed by atoms with Gasteiger partial charge in [-0.2, -0.15) is 0 Å². The van der Waals surface area contributed by atoms with Gasteiger partial charge in [-0.25, -0.2) is 0 Å². The number of aromatic nitrogens is 2. The van der Waals surface area contributed by atoms with E-state index in [-0.39, 0.29) is 11.6 Å². The number of benzene rings is 6. The number of H-pyrrole nitrogens is 2. The molecule has 0 spiro atoms. The molecule has 6 aromatic carbocycles. The highest BCUT2D eigenvalue weighted by molar-refractivity contribution is 6.21. The van der Waals surface area contributed by atoms with Crippen LogP contribution in [0.15, 0.2) is 170 Å². The third-order valence-electron chi connectivity index (χ3n) is 8.06. The van der Waals surface area contributed by atoms with Gasteiger partial charge in [0.05, 0.1) is 22.5 Å². The third kappa shape index (κ3) is 5.56. The molecule has 46 heavy (non-hydrogen) atoms. The Labute approximate surface area is 267 Å². The molecule has 8 rings (SSSR count). The Morgan fingerprint density at radius 3 is 1.02 bits per heavy atom. The van der Waals surface area contributed by atoms with Gasteiger partial charge >= 0.3 is 0 Å². The quantitative estimate of drug-likeness (QED) is 0.188. The minimum absolute atomic E-state index is 0.0434. The molecular weight excluding hydrogens is 564 g/mol. The van der Waals surface area contributed by atoms with Gasteiger partial charge in [0.15, 0.2) is 11.6 Å². The van der Waals surface area contributed by atoms with E-state index in [9.17, 15) is 9.59 Å². The molecule has 0 aliphatic heterocycles. The first-order chi connectivity index (χ1) is 22.7. The van der Waals surface area contributed by atoms with E-state index < -0.39 is 0 Å². The van der Waals surface area contributed by atoms with Crippen molar-refractivity contribution in [2.45, 2.75) is 0 Å². The maximum atomic E-state index is 13.1. The number of rotatable bonds is 6. The summed E-state index contributed by atoms with van der Waals surface area (Å²) in [5, 5.41) is 1.92. The summed E-state index contributed by atoms with van der Waals surface area (Å²) >= 11 is 0. The summed E-state index contributed by atoms with van der Waals surface area (Å²) < 4.78 is 0. The van der Waals surface area contributed by atoms with Crippen molar-refractivity contribution in [1.29, 1.82) is 0 Å². The van der Waals surface area contributed by atoms with Gasteiger partial charge in [-0.05, 0) is 23.3 Å². The van der Waals surface area contributed by atoms with Crippen LogP contribution in [0.4, 0.5) is 0 Å². The molecule has 2 heterocycles. The van der Waals surface area contributed by atoms with Crippen LogP contribution in [0.5, 0.6) is 0 Å². The van der Waals surface area contributed by atoms with Gasteiger partial charge in [0.1, 0.15) is 0 Å². The van der Waals surface area contributed by atoms with Crippen LogP contribution in [-0.4, -0.2) is 21.5 Å². The van der Waals surface area contributed by atoms with Crippen LogP contribution in [0.25, 0.3) is 44.3 Å². The van der Waals surface area contributed by atoms with Gasteiger partial charge in [-0.15, -0.1) is 0 Å². The number of hydrogen-bond acceptors (Lipinski definition) is 2.